The third-order valence-electron chi connectivity index (χ3n) is 7.73. The maximum absolute atomic E-state index is 12.6. The van der Waals surface area contributed by atoms with E-state index in [1.54, 1.807) is 6.92 Å². The highest BCUT2D eigenvalue weighted by Gasteiger charge is 2.69. The first-order chi connectivity index (χ1) is 14.2. The number of hydrogen-bond acceptors (Lipinski definition) is 6. The molecule has 27 heavy (non-hydrogen) atoms. The Morgan fingerprint density at radius 3 is 2.74 bits per heavy atom. The van der Waals surface area contributed by atoms with Gasteiger partial charge in [-0.05, 0) is 67.7 Å². The first kappa shape index (κ1) is 14.9. The highest BCUT2D eigenvalue weighted by Crippen LogP contribution is 2.67. The Balaban J connectivity index is 2.00. The van der Waals surface area contributed by atoms with E-state index in [9.17, 15) is 31.4 Å². The van der Waals surface area contributed by atoms with Crippen molar-refractivity contribution >= 4 is 11.6 Å². The van der Waals surface area contributed by atoms with E-state index in [1.807, 2.05) is 0 Å². The molecule has 0 aromatic rings. The summed E-state index contributed by atoms with van der Waals surface area (Å²) < 4.78 is 36.1. The van der Waals surface area contributed by atoms with Gasteiger partial charge in [0.25, 0.3) is 0 Å². The van der Waals surface area contributed by atoms with Crippen molar-refractivity contribution in [3.8, 4) is 0 Å². The number of Topliss-reactive ketones (excluding diaryl/α,β-unsaturated/α-hetero) is 1. The molecule has 0 radical (unpaired) electrons. The van der Waals surface area contributed by atoms with Gasteiger partial charge in [-0.1, -0.05) is 12.5 Å². The molecular weight excluding hydrogens is 348 g/mol. The van der Waals surface area contributed by atoms with Gasteiger partial charge in [0.05, 0.1) is 14.1 Å². The molecular formula is C21H30O6. The molecule has 4 aliphatic carbocycles. The molecule has 4 N–H and O–H groups in total. The minimum absolute atomic E-state index is 0.102. The zero-order valence-electron chi connectivity index (χ0n) is 19.5. The molecule has 6 heteroatoms. The van der Waals surface area contributed by atoms with Crippen molar-refractivity contribution in [2.45, 2.75) is 63.5 Å². The molecule has 0 saturated heterocycles. The van der Waals surface area contributed by atoms with Crippen LogP contribution in [-0.2, 0) is 9.59 Å². The van der Waals surface area contributed by atoms with Crippen molar-refractivity contribution in [2.75, 3.05) is 13.2 Å². The summed E-state index contributed by atoms with van der Waals surface area (Å²) in [5, 5.41) is 42.8. The van der Waals surface area contributed by atoms with Gasteiger partial charge in [-0.2, -0.15) is 0 Å². The predicted molar refractivity (Wildman–Crippen MR) is 96.6 cm³/mol. The van der Waals surface area contributed by atoms with Crippen LogP contribution in [0, 0.1) is 28.6 Å². The highest BCUT2D eigenvalue weighted by molar-refractivity contribution is 5.91. The van der Waals surface area contributed by atoms with Crippen LogP contribution in [0.4, 0.5) is 0 Å². The summed E-state index contributed by atoms with van der Waals surface area (Å²) in [5.74, 6) is -4.91. The second kappa shape index (κ2) is 6.21. The Morgan fingerprint density at radius 2 is 2.07 bits per heavy atom. The van der Waals surface area contributed by atoms with Crippen LogP contribution >= 0.6 is 0 Å². The molecule has 0 spiro atoms. The second-order valence-corrected chi connectivity index (χ2v) is 8.72. The van der Waals surface area contributed by atoms with Crippen LogP contribution in [0.2, 0.25) is 0 Å². The molecule has 150 valence electrons. The molecule has 4 aliphatic rings. The van der Waals surface area contributed by atoms with E-state index >= 15 is 0 Å². The number of aliphatic hydroxyl groups is 4. The first-order valence-electron chi connectivity index (χ1n) is 11.7. The first-order valence-corrected chi connectivity index (χ1v) is 9.66. The molecule has 0 aliphatic heterocycles. The van der Waals surface area contributed by atoms with Gasteiger partial charge in [0.2, 0.25) is 0 Å². The Kier molecular flexibility index (Phi) is 3.42. The third-order valence-corrected chi connectivity index (χ3v) is 7.73. The van der Waals surface area contributed by atoms with Gasteiger partial charge in [-0.3, -0.25) is 9.59 Å². The quantitative estimate of drug-likeness (QED) is 0.573. The third kappa shape index (κ3) is 2.33. The van der Waals surface area contributed by atoms with Gasteiger partial charge in [-0.25, -0.2) is 0 Å². The van der Waals surface area contributed by atoms with Gasteiger partial charge in [-0.15, -0.1) is 0 Å². The molecule has 6 nitrogen and oxygen atoms in total. The lowest BCUT2D eigenvalue weighted by Gasteiger charge is -2.60. The van der Waals surface area contributed by atoms with Crippen LogP contribution in [-0.4, -0.2) is 56.9 Å². The van der Waals surface area contributed by atoms with Crippen LogP contribution in [0.3, 0.4) is 0 Å². The lowest BCUT2D eigenvalue weighted by Crippen LogP contribution is -2.64. The fraction of sp³-hybridized carbons (Fsp3) is 0.810. The Bertz CT molecular complexity index is 874. The Hall–Kier alpha value is -1.08. The van der Waals surface area contributed by atoms with Crippen molar-refractivity contribution in [3.05, 3.63) is 11.6 Å². The summed E-state index contributed by atoms with van der Waals surface area (Å²) in [5.41, 5.74) is -5.25. The molecule has 3 saturated carbocycles. The SMILES string of the molecule is [2H]C1([2H])[C@]([2H])(O)[C@@]2([2H])[C@@H](CCC3=CC(=O)CC[C@@]32C)[C@@H]2CC[C@](O)(C(=O)CO)[C@]21CO. The molecule has 0 unspecified atom stereocenters. The predicted octanol–water partition coefficient (Wildman–Crippen LogP) is 0.754. The summed E-state index contributed by atoms with van der Waals surface area (Å²) in [6, 6.07) is 0. The molecule has 0 aromatic carbocycles. The number of ketones is 2. The van der Waals surface area contributed by atoms with Crippen LogP contribution < -0.4 is 0 Å². The zero-order chi connectivity index (χ0) is 23.3. The van der Waals surface area contributed by atoms with Crippen LogP contribution in [0.5, 0.6) is 0 Å². The maximum Gasteiger partial charge on any atom is 0.190 e. The van der Waals surface area contributed by atoms with Crippen molar-refractivity contribution in [1.82, 2.24) is 0 Å². The summed E-state index contributed by atoms with van der Waals surface area (Å²) in [6.07, 6.45) is -3.89. The number of rotatable bonds is 3. The summed E-state index contributed by atoms with van der Waals surface area (Å²) in [6.45, 7) is -0.397. The van der Waals surface area contributed by atoms with Crippen molar-refractivity contribution in [1.29, 1.82) is 0 Å². The monoisotopic (exact) mass is 382 g/mol. The lowest BCUT2D eigenvalue weighted by atomic mass is 9.45. The van der Waals surface area contributed by atoms with Gasteiger partial charge < -0.3 is 20.4 Å². The van der Waals surface area contributed by atoms with Crippen LogP contribution in [0.1, 0.15) is 57.3 Å². The number of hydrogen-bond donors (Lipinski definition) is 4. The molecule has 0 heterocycles. The van der Waals surface area contributed by atoms with Gasteiger partial charge in [0, 0.05) is 15.9 Å². The summed E-state index contributed by atoms with van der Waals surface area (Å²) in [7, 11) is 0. The van der Waals surface area contributed by atoms with Crippen molar-refractivity contribution < 1.29 is 35.5 Å². The number of aliphatic hydroxyl groups excluding tert-OH is 2. The van der Waals surface area contributed by atoms with Crippen LogP contribution in [0.15, 0.2) is 11.6 Å². The van der Waals surface area contributed by atoms with Crippen molar-refractivity contribution in [3.63, 3.8) is 0 Å². The fourth-order valence-corrected chi connectivity index (χ4v) is 6.29. The van der Waals surface area contributed by atoms with Crippen LogP contribution in [0.25, 0.3) is 0 Å². The highest BCUT2D eigenvalue weighted by atomic mass is 16.3. The van der Waals surface area contributed by atoms with E-state index in [0.29, 0.717) is 12.0 Å². The largest absolute Gasteiger partial charge is 0.396 e. The van der Waals surface area contributed by atoms with E-state index in [1.165, 1.54) is 6.08 Å². The van der Waals surface area contributed by atoms with Gasteiger partial charge >= 0.3 is 0 Å². The summed E-state index contributed by atoms with van der Waals surface area (Å²) in [4.78, 5) is 24.6. The molecule has 0 aromatic heterocycles. The topological polar surface area (TPSA) is 115 Å². The lowest BCUT2D eigenvalue weighted by molar-refractivity contribution is -0.197. The van der Waals surface area contributed by atoms with Gasteiger partial charge in [0.15, 0.2) is 11.6 Å². The maximum atomic E-state index is 12.6. The Labute approximate surface area is 164 Å². The summed E-state index contributed by atoms with van der Waals surface area (Å²) >= 11 is 0. The zero-order valence-corrected chi connectivity index (χ0v) is 15.5. The fourth-order valence-electron chi connectivity index (χ4n) is 6.29. The number of fused-ring (bicyclic) bond motifs is 5. The van der Waals surface area contributed by atoms with E-state index in [4.69, 9.17) is 4.11 Å². The van der Waals surface area contributed by atoms with E-state index in [2.05, 4.69) is 0 Å². The minimum atomic E-state index is -3.12. The van der Waals surface area contributed by atoms with E-state index in [-0.39, 0.29) is 37.9 Å². The smallest absolute Gasteiger partial charge is 0.190 e. The second-order valence-electron chi connectivity index (χ2n) is 8.72. The molecule has 7 atom stereocenters. The van der Waals surface area contributed by atoms with E-state index in [0.717, 1.165) is 0 Å². The average Bonchev–Trinajstić information content (AvgIpc) is 3.02. The molecule has 0 amide bonds. The average molecular weight is 382 g/mol. The number of carbonyl (C=O) groups excluding carboxylic acids is 2. The minimum Gasteiger partial charge on any atom is -0.396 e. The molecule has 3 fully saturated rings. The Morgan fingerprint density at radius 1 is 1.33 bits per heavy atom. The van der Waals surface area contributed by atoms with Crippen molar-refractivity contribution in [2.24, 2.45) is 28.6 Å². The normalized spacial score (nSPS) is 58.6. The number of carbonyl (C=O) groups is 2. The molecule has 0 bridgehead atoms. The van der Waals surface area contributed by atoms with Gasteiger partial charge in [0.1, 0.15) is 12.2 Å². The molecule has 4 rings (SSSR count). The van der Waals surface area contributed by atoms with E-state index < -0.39 is 65.6 Å². The number of allylic oxidation sites excluding steroid dienone is 1. The standard InChI is InChI=1S/C21H30O6/c1-19-6-4-13(24)8-12(19)2-3-14-15-5-7-21(27,17(26)10-22)20(15,11-23)9-16(25)18(14)19/h8,14-16,18,22-23,25,27H,2-7,9-11H2,1H3/t14-,15-,16-,18+,19-,20+,21-/m0/s1/i9D2,16D,18D.